The number of benzene rings is 1. The van der Waals surface area contributed by atoms with Gasteiger partial charge in [0.1, 0.15) is 6.23 Å². The van der Waals surface area contributed by atoms with Gasteiger partial charge >= 0.3 is 0 Å². The maximum atomic E-state index is 10.0. The molecule has 1 aromatic rings. The molecule has 0 spiro atoms. The minimum atomic E-state index is -0.287. The van der Waals surface area contributed by atoms with Crippen molar-refractivity contribution < 1.29 is 5.11 Å². The third kappa shape index (κ3) is 2.45. The Balaban J connectivity index is 2.16. The van der Waals surface area contributed by atoms with E-state index < -0.39 is 0 Å². The number of rotatable bonds is 3. The molecule has 16 heavy (non-hydrogen) atoms. The van der Waals surface area contributed by atoms with Crippen molar-refractivity contribution in [2.24, 2.45) is 0 Å². The van der Waals surface area contributed by atoms with Crippen LogP contribution in [-0.4, -0.2) is 22.8 Å². The summed E-state index contributed by atoms with van der Waals surface area (Å²) in [7, 11) is 0. The lowest BCUT2D eigenvalue weighted by molar-refractivity contribution is -0.0435. The average molecular weight is 219 g/mol. The normalized spacial score (nSPS) is 24.2. The molecule has 1 saturated heterocycles. The van der Waals surface area contributed by atoms with Crippen LogP contribution in [0.3, 0.4) is 0 Å². The Bertz CT molecular complexity index is 312. The lowest BCUT2D eigenvalue weighted by Gasteiger charge is -2.38. The minimum Gasteiger partial charge on any atom is -0.378 e. The highest BCUT2D eigenvalue weighted by atomic mass is 16.3. The van der Waals surface area contributed by atoms with E-state index in [0.29, 0.717) is 6.04 Å². The van der Waals surface area contributed by atoms with E-state index in [1.165, 1.54) is 24.8 Å². The van der Waals surface area contributed by atoms with E-state index in [-0.39, 0.29) is 6.23 Å². The van der Waals surface area contributed by atoms with E-state index in [0.717, 1.165) is 13.0 Å². The van der Waals surface area contributed by atoms with Crippen molar-refractivity contribution in [1.29, 1.82) is 0 Å². The first kappa shape index (κ1) is 11.6. The molecule has 1 N–H and O–H groups in total. The van der Waals surface area contributed by atoms with Gasteiger partial charge in [-0.2, -0.15) is 0 Å². The summed E-state index contributed by atoms with van der Waals surface area (Å²) in [5.41, 5.74) is 1.34. The quantitative estimate of drug-likeness (QED) is 0.845. The van der Waals surface area contributed by atoms with Gasteiger partial charge in [-0.25, -0.2) is 0 Å². The zero-order valence-corrected chi connectivity index (χ0v) is 9.97. The molecule has 0 bridgehead atoms. The van der Waals surface area contributed by atoms with Gasteiger partial charge in [0, 0.05) is 12.6 Å². The fourth-order valence-electron chi connectivity index (χ4n) is 2.58. The highest BCUT2D eigenvalue weighted by Crippen LogP contribution is 2.32. The third-order valence-corrected chi connectivity index (χ3v) is 3.48. The van der Waals surface area contributed by atoms with Crippen LogP contribution in [0.4, 0.5) is 0 Å². The van der Waals surface area contributed by atoms with Crippen molar-refractivity contribution >= 4 is 0 Å². The molecular formula is C14H21NO. The number of hydrogen-bond acceptors (Lipinski definition) is 2. The molecular weight excluding hydrogens is 198 g/mol. The first-order chi connectivity index (χ1) is 7.83. The number of hydrogen-bond donors (Lipinski definition) is 1. The van der Waals surface area contributed by atoms with Gasteiger partial charge in [0.2, 0.25) is 0 Å². The van der Waals surface area contributed by atoms with Crippen LogP contribution in [0.15, 0.2) is 30.3 Å². The van der Waals surface area contributed by atoms with Crippen molar-refractivity contribution in [3.8, 4) is 0 Å². The molecule has 1 aromatic carbocycles. The molecule has 0 aliphatic carbocycles. The van der Waals surface area contributed by atoms with Crippen molar-refractivity contribution in [1.82, 2.24) is 4.90 Å². The maximum Gasteiger partial charge on any atom is 0.107 e. The van der Waals surface area contributed by atoms with E-state index in [1.807, 2.05) is 13.0 Å². The number of aliphatic hydroxyl groups is 1. The Morgan fingerprint density at radius 3 is 2.75 bits per heavy atom. The van der Waals surface area contributed by atoms with Gasteiger partial charge in [0.25, 0.3) is 0 Å². The Labute approximate surface area is 97.9 Å². The summed E-state index contributed by atoms with van der Waals surface area (Å²) in [6, 6.07) is 11.0. The van der Waals surface area contributed by atoms with E-state index in [9.17, 15) is 5.11 Å². The standard InChI is InChI=1S/C14H21NO/c1-2-14(16)15-11-7-6-10-13(15)12-8-4-3-5-9-12/h3-5,8-9,13-14,16H,2,6-7,10-11H2,1H3. The second-order valence-electron chi connectivity index (χ2n) is 4.55. The number of nitrogens with zero attached hydrogens (tertiary/aromatic N) is 1. The molecule has 88 valence electrons. The molecule has 1 fully saturated rings. The van der Waals surface area contributed by atoms with Gasteiger partial charge in [-0.1, -0.05) is 43.7 Å². The molecule has 2 unspecified atom stereocenters. The number of piperidine rings is 1. The van der Waals surface area contributed by atoms with Crippen molar-refractivity contribution in [3.63, 3.8) is 0 Å². The second kappa shape index (κ2) is 5.46. The summed E-state index contributed by atoms with van der Waals surface area (Å²) in [6.45, 7) is 3.07. The van der Waals surface area contributed by atoms with Crippen molar-refractivity contribution in [2.45, 2.75) is 44.9 Å². The molecule has 2 rings (SSSR count). The van der Waals surface area contributed by atoms with Gasteiger partial charge in [-0.15, -0.1) is 0 Å². The van der Waals surface area contributed by atoms with Crippen LogP contribution in [0.2, 0.25) is 0 Å². The molecule has 0 saturated carbocycles. The highest BCUT2D eigenvalue weighted by Gasteiger charge is 2.27. The van der Waals surface area contributed by atoms with Crippen molar-refractivity contribution in [2.75, 3.05) is 6.54 Å². The van der Waals surface area contributed by atoms with Crippen LogP contribution >= 0.6 is 0 Å². The molecule has 0 amide bonds. The van der Waals surface area contributed by atoms with Crippen LogP contribution in [0.25, 0.3) is 0 Å². The van der Waals surface area contributed by atoms with Crippen LogP contribution in [0, 0.1) is 0 Å². The summed E-state index contributed by atoms with van der Waals surface area (Å²) in [6.07, 6.45) is 4.17. The minimum absolute atomic E-state index is 0.287. The molecule has 1 aliphatic heterocycles. The monoisotopic (exact) mass is 219 g/mol. The lowest BCUT2D eigenvalue weighted by atomic mass is 9.95. The molecule has 0 radical (unpaired) electrons. The largest absolute Gasteiger partial charge is 0.378 e. The highest BCUT2D eigenvalue weighted by molar-refractivity contribution is 5.19. The molecule has 1 aliphatic rings. The van der Waals surface area contributed by atoms with Gasteiger partial charge in [0.05, 0.1) is 0 Å². The predicted molar refractivity (Wildman–Crippen MR) is 66.0 cm³/mol. The van der Waals surface area contributed by atoms with E-state index >= 15 is 0 Å². The molecule has 0 aromatic heterocycles. The zero-order chi connectivity index (χ0) is 11.4. The third-order valence-electron chi connectivity index (χ3n) is 3.48. The van der Waals surface area contributed by atoms with Crippen LogP contribution in [-0.2, 0) is 0 Å². The van der Waals surface area contributed by atoms with Gasteiger partial charge < -0.3 is 5.11 Å². The van der Waals surface area contributed by atoms with E-state index in [1.54, 1.807) is 0 Å². The Morgan fingerprint density at radius 2 is 2.06 bits per heavy atom. The molecule has 2 heteroatoms. The number of aliphatic hydroxyl groups excluding tert-OH is 1. The summed E-state index contributed by atoms with van der Waals surface area (Å²) in [5.74, 6) is 0. The smallest absolute Gasteiger partial charge is 0.107 e. The van der Waals surface area contributed by atoms with Gasteiger partial charge in [0.15, 0.2) is 0 Å². The fourth-order valence-corrected chi connectivity index (χ4v) is 2.58. The molecule has 1 heterocycles. The molecule has 2 atom stereocenters. The van der Waals surface area contributed by atoms with Crippen molar-refractivity contribution in [3.05, 3.63) is 35.9 Å². The zero-order valence-electron chi connectivity index (χ0n) is 9.97. The Morgan fingerprint density at radius 1 is 1.31 bits per heavy atom. The fraction of sp³-hybridized carbons (Fsp3) is 0.571. The van der Waals surface area contributed by atoms with E-state index in [4.69, 9.17) is 0 Å². The van der Waals surface area contributed by atoms with Gasteiger partial charge in [-0.3, -0.25) is 4.90 Å². The second-order valence-corrected chi connectivity index (χ2v) is 4.55. The Kier molecular flexibility index (Phi) is 3.97. The topological polar surface area (TPSA) is 23.5 Å². The summed E-state index contributed by atoms with van der Waals surface area (Å²) in [5, 5.41) is 10.0. The van der Waals surface area contributed by atoms with Crippen LogP contribution in [0.5, 0.6) is 0 Å². The summed E-state index contributed by atoms with van der Waals surface area (Å²) >= 11 is 0. The summed E-state index contributed by atoms with van der Waals surface area (Å²) < 4.78 is 0. The first-order valence-electron chi connectivity index (χ1n) is 6.31. The summed E-state index contributed by atoms with van der Waals surface area (Å²) in [4.78, 5) is 2.25. The lowest BCUT2D eigenvalue weighted by Crippen LogP contribution is -2.41. The predicted octanol–water partition coefficient (Wildman–Crippen LogP) is 2.94. The van der Waals surface area contributed by atoms with Crippen LogP contribution in [0.1, 0.15) is 44.2 Å². The molecule has 2 nitrogen and oxygen atoms in total. The maximum absolute atomic E-state index is 10.0. The van der Waals surface area contributed by atoms with Gasteiger partial charge in [-0.05, 0) is 24.8 Å². The Hall–Kier alpha value is -0.860. The van der Waals surface area contributed by atoms with Crippen LogP contribution < -0.4 is 0 Å². The SMILES string of the molecule is CCC(O)N1CCCCC1c1ccccc1. The first-order valence-corrected chi connectivity index (χ1v) is 6.31. The number of likely N-dealkylation sites (tertiary alicyclic amines) is 1. The van der Waals surface area contributed by atoms with E-state index in [2.05, 4.69) is 29.2 Å². The average Bonchev–Trinajstić information content (AvgIpc) is 2.39.